The van der Waals surface area contributed by atoms with Crippen molar-refractivity contribution in [2.45, 2.75) is 33.2 Å². The number of nitrogens with one attached hydrogen (secondary N) is 1. The molecular formula is C15H22N2O4. The monoisotopic (exact) mass is 294 g/mol. The Morgan fingerprint density at radius 1 is 1.33 bits per heavy atom. The van der Waals surface area contributed by atoms with E-state index in [4.69, 9.17) is 9.84 Å². The van der Waals surface area contributed by atoms with Crippen molar-refractivity contribution in [1.29, 1.82) is 0 Å². The second-order valence-electron chi connectivity index (χ2n) is 5.76. The van der Waals surface area contributed by atoms with Gasteiger partial charge < -0.3 is 20.1 Å². The fourth-order valence-corrected chi connectivity index (χ4v) is 1.83. The summed E-state index contributed by atoms with van der Waals surface area (Å²) in [6.07, 6.45) is 0. The smallest absolute Gasteiger partial charge is 0.323 e. The number of aryl methyl sites for hydroxylation is 1. The van der Waals surface area contributed by atoms with E-state index in [0.29, 0.717) is 11.4 Å². The molecule has 0 unspecified atom stereocenters. The number of carbonyl (C=O) groups excluding carboxylic acids is 1. The maximum atomic E-state index is 12.3. The summed E-state index contributed by atoms with van der Waals surface area (Å²) in [5.74, 6) is -0.352. The molecule has 0 saturated heterocycles. The summed E-state index contributed by atoms with van der Waals surface area (Å²) >= 11 is 0. The zero-order chi connectivity index (χ0) is 16.2. The summed E-state index contributed by atoms with van der Waals surface area (Å²) in [6, 6.07) is 4.82. The lowest BCUT2D eigenvalue weighted by molar-refractivity contribution is -0.138. The Morgan fingerprint density at radius 2 is 1.95 bits per heavy atom. The number of carboxylic acid groups (broad SMARTS) is 1. The van der Waals surface area contributed by atoms with Crippen LogP contribution < -0.4 is 10.1 Å². The number of benzene rings is 1. The molecule has 6 nitrogen and oxygen atoms in total. The first-order valence-electron chi connectivity index (χ1n) is 6.60. The van der Waals surface area contributed by atoms with Crippen LogP contribution in [0.1, 0.15) is 26.3 Å². The Hall–Kier alpha value is -2.24. The number of hydrogen-bond acceptors (Lipinski definition) is 3. The van der Waals surface area contributed by atoms with Crippen LogP contribution >= 0.6 is 0 Å². The second-order valence-corrected chi connectivity index (χ2v) is 5.76. The molecule has 0 fully saturated rings. The van der Waals surface area contributed by atoms with Crippen molar-refractivity contribution in [1.82, 2.24) is 4.90 Å². The number of nitrogens with zero attached hydrogens (tertiary/aromatic N) is 1. The summed E-state index contributed by atoms with van der Waals surface area (Å²) in [7, 11) is 1.57. The number of carbonyl (C=O) groups is 2. The van der Waals surface area contributed by atoms with Gasteiger partial charge in [0.25, 0.3) is 0 Å². The van der Waals surface area contributed by atoms with Gasteiger partial charge in [-0.15, -0.1) is 0 Å². The molecule has 0 spiro atoms. The summed E-state index contributed by atoms with van der Waals surface area (Å²) in [5.41, 5.74) is 0.871. The van der Waals surface area contributed by atoms with Crippen LogP contribution in [0.15, 0.2) is 18.2 Å². The number of aliphatic carboxylic acids is 1. The summed E-state index contributed by atoms with van der Waals surface area (Å²) in [4.78, 5) is 24.5. The van der Waals surface area contributed by atoms with Gasteiger partial charge in [0.15, 0.2) is 0 Å². The molecule has 6 heteroatoms. The molecule has 1 aromatic carbocycles. The molecule has 21 heavy (non-hydrogen) atoms. The average molecular weight is 294 g/mol. The van der Waals surface area contributed by atoms with Crippen LogP contribution in [0.4, 0.5) is 10.5 Å². The maximum Gasteiger partial charge on any atom is 0.323 e. The molecule has 2 amide bonds. The third-order valence-electron chi connectivity index (χ3n) is 3.02. The fourth-order valence-electron chi connectivity index (χ4n) is 1.83. The van der Waals surface area contributed by atoms with Crippen molar-refractivity contribution in [3.8, 4) is 5.75 Å². The van der Waals surface area contributed by atoms with E-state index in [0.717, 1.165) is 5.56 Å². The van der Waals surface area contributed by atoms with E-state index < -0.39 is 17.5 Å². The van der Waals surface area contributed by atoms with Gasteiger partial charge in [0.1, 0.15) is 12.3 Å². The van der Waals surface area contributed by atoms with Crippen molar-refractivity contribution in [3.05, 3.63) is 23.8 Å². The Labute approximate surface area is 124 Å². The first-order valence-corrected chi connectivity index (χ1v) is 6.60. The molecule has 0 aliphatic heterocycles. The SMILES string of the molecule is COc1ccc(NC(=O)N(CC(=O)O)C(C)(C)C)c(C)c1. The van der Waals surface area contributed by atoms with Gasteiger partial charge >= 0.3 is 12.0 Å². The van der Waals surface area contributed by atoms with Gasteiger partial charge in [-0.25, -0.2) is 4.79 Å². The van der Waals surface area contributed by atoms with Gasteiger partial charge in [-0.2, -0.15) is 0 Å². The molecule has 2 N–H and O–H groups in total. The topological polar surface area (TPSA) is 78.9 Å². The van der Waals surface area contributed by atoms with E-state index in [1.807, 2.05) is 6.92 Å². The van der Waals surface area contributed by atoms with Gasteiger partial charge in [-0.05, 0) is 51.5 Å². The predicted molar refractivity (Wildman–Crippen MR) is 80.8 cm³/mol. The molecule has 1 aromatic rings. The quantitative estimate of drug-likeness (QED) is 0.895. The summed E-state index contributed by atoms with van der Waals surface area (Å²) in [5, 5.41) is 11.7. The highest BCUT2D eigenvalue weighted by Crippen LogP contribution is 2.22. The molecule has 0 aliphatic carbocycles. The van der Waals surface area contributed by atoms with Gasteiger partial charge in [-0.3, -0.25) is 4.79 Å². The molecule has 0 atom stereocenters. The molecule has 0 heterocycles. The third kappa shape index (κ3) is 4.66. The number of rotatable bonds is 4. The first kappa shape index (κ1) is 16.8. The van der Waals surface area contributed by atoms with Crippen LogP contribution in [-0.4, -0.2) is 41.2 Å². The van der Waals surface area contributed by atoms with E-state index in [-0.39, 0.29) is 6.54 Å². The number of ether oxygens (including phenoxy) is 1. The van der Waals surface area contributed by atoms with Crippen LogP contribution in [0, 0.1) is 6.92 Å². The highest BCUT2D eigenvalue weighted by molar-refractivity contribution is 5.92. The van der Waals surface area contributed by atoms with Crippen molar-refractivity contribution in [2.24, 2.45) is 0 Å². The van der Waals surface area contributed by atoms with Crippen LogP contribution in [0.25, 0.3) is 0 Å². The molecule has 0 saturated carbocycles. The molecule has 116 valence electrons. The van der Waals surface area contributed by atoms with Gasteiger partial charge in [-0.1, -0.05) is 0 Å². The van der Waals surface area contributed by atoms with Crippen LogP contribution in [-0.2, 0) is 4.79 Å². The predicted octanol–water partition coefficient (Wildman–Crippen LogP) is 2.72. The lowest BCUT2D eigenvalue weighted by atomic mass is 10.1. The first-order chi connectivity index (χ1) is 9.65. The molecule has 1 rings (SSSR count). The molecular weight excluding hydrogens is 272 g/mol. The standard InChI is InChI=1S/C15H22N2O4/c1-10-8-11(21-5)6-7-12(10)16-14(20)17(9-13(18)19)15(2,3)4/h6-8H,9H2,1-5H3,(H,16,20)(H,18,19). The van der Waals surface area contributed by atoms with E-state index in [1.54, 1.807) is 46.1 Å². The van der Waals surface area contributed by atoms with Crippen molar-refractivity contribution < 1.29 is 19.4 Å². The van der Waals surface area contributed by atoms with E-state index in [1.165, 1.54) is 4.90 Å². The largest absolute Gasteiger partial charge is 0.497 e. The highest BCUT2D eigenvalue weighted by atomic mass is 16.5. The molecule has 0 radical (unpaired) electrons. The highest BCUT2D eigenvalue weighted by Gasteiger charge is 2.28. The minimum Gasteiger partial charge on any atom is -0.497 e. The number of amides is 2. The lowest BCUT2D eigenvalue weighted by Crippen LogP contribution is -2.50. The van der Waals surface area contributed by atoms with Crippen molar-refractivity contribution >= 4 is 17.7 Å². The number of carboxylic acids is 1. The minimum atomic E-state index is -1.05. The Kier molecular flexibility index (Phi) is 5.18. The average Bonchev–Trinajstić information content (AvgIpc) is 2.36. The Bertz CT molecular complexity index is 535. The van der Waals surface area contributed by atoms with Crippen LogP contribution in [0.2, 0.25) is 0 Å². The molecule has 0 aliphatic rings. The number of urea groups is 1. The summed E-state index contributed by atoms with van der Waals surface area (Å²) < 4.78 is 5.11. The normalized spacial score (nSPS) is 10.9. The van der Waals surface area contributed by atoms with Crippen LogP contribution in [0.3, 0.4) is 0 Å². The van der Waals surface area contributed by atoms with E-state index in [2.05, 4.69) is 5.32 Å². The van der Waals surface area contributed by atoms with Gasteiger partial charge in [0.05, 0.1) is 7.11 Å². The van der Waals surface area contributed by atoms with E-state index in [9.17, 15) is 9.59 Å². The van der Waals surface area contributed by atoms with Crippen molar-refractivity contribution in [2.75, 3.05) is 19.0 Å². The van der Waals surface area contributed by atoms with E-state index >= 15 is 0 Å². The number of anilines is 1. The molecule has 0 aromatic heterocycles. The number of methoxy groups -OCH3 is 1. The zero-order valence-corrected chi connectivity index (χ0v) is 13.1. The minimum absolute atomic E-state index is 0.357. The Morgan fingerprint density at radius 3 is 2.38 bits per heavy atom. The van der Waals surface area contributed by atoms with Crippen LogP contribution in [0.5, 0.6) is 5.75 Å². The fraction of sp³-hybridized carbons (Fsp3) is 0.467. The van der Waals surface area contributed by atoms with Crippen molar-refractivity contribution in [3.63, 3.8) is 0 Å². The molecule has 0 bridgehead atoms. The second kappa shape index (κ2) is 6.47. The zero-order valence-electron chi connectivity index (χ0n) is 13.1. The Balaban J connectivity index is 2.94. The van der Waals surface area contributed by atoms with Gasteiger partial charge in [0, 0.05) is 11.2 Å². The maximum absolute atomic E-state index is 12.3. The number of hydrogen-bond donors (Lipinski definition) is 2. The lowest BCUT2D eigenvalue weighted by Gasteiger charge is -2.34. The third-order valence-corrected chi connectivity index (χ3v) is 3.02. The summed E-state index contributed by atoms with van der Waals surface area (Å²) in [6.45, 7) is 6.85. The van der Waals surface area contributed by atoms with Gasteiger partial charge in [0.2, 0.25) is 0 Å².